The van der Waals surface area contributed by atoms with Crippen molar-refractivity contribution in [2.24, 2.45) is 0 Å². The standard InChI is InChI=1S/C24H32N2O2S/c1-17-10-11-20(19(3)16-17)29-21-9-7-8-18(2)22(21)25-12-14-26(15-13-25)23(27)28-24(4,5)6/h7-11,16H,12-15H2,1-6H3. The third kappa shape index (κ3) is 5.47. The number of nitrogens with zero attached hydrogens (tertiary/aromatic N) is 2. The molecule has 1 amide bonds. The molecule has 1 saturated heterocycles. The highest BCUT2D eigenvalue weighted by molar-refractivity contribution is 7.99. The molecule has 0 spiro atoms. The van der Waals surface area contributed by atoms with E-state index < -0.39 is 5.60 Å². The van der Waals surface area contributed by atoms with Gasteiger partial charge in [-0.3, -0.25) is 0 Å². The Hall–Kier alpha value is -2.14. The minimum Gasteiger partial charge on any atom is -0.444 e. The van der Waals surface area contributed by atoms with E-state index in [0.29, 0.717) is 13.1 Å². The zero-order valence-corrected chi connectivity index (χ0v) is 19.2. The number of carbonyl (C=O) groups excluding carboxylic acids is 1. The summed E-state index contributed by atoms with van der Waals surface area (Å²) in [5.74, 6) is 0. The van der Waals surface area contributed by atoms with Crippen LogP contribution in [-0.2, 0) is 4.74 Å². The third-order valence-corrected chi connectivity index (χ3v) is 6.23. The van der Waals surface area contributed by atoms with Gasteiger partial charge in [0, 0.05) is 36.0 Å². The number of amides is 1. The summed E-state index contributed by atoms with van der Waals surface area (Å²) in [6.45, 7) is 15.2. The lowest BCUT2D eigenvalue weighted by Crippen LogP contribution is -2.50. The van der Waals surface area contributed by atoms with Gasteiger partial charge in [0.15, 0.2) is 0 Å². The molecule has 29 heavy (non-hydrogen) atoms. The highest BCUT2D eigenvalue weighted by Crippen LogP contribution is 2.39. The van der Waals surface area contributed by atoms with Crippen LogP contribution >= 0.6 is 11.8 Å². The number of aryl methyl sites for hydroxylation is 3. The zero-order chi connectivity index (χ0) is 21.2. The molecule has 1 heterocycles. The van der Waals surface area contributed by atoms with Crippen LogP contribution in [0, 0.1) is 20.8 Å². The lowest BCUT2D eigenvalue weighted by Gasteiger charge is -2.38. The summed E-state index contributed by atoms with van der Waals surface area (Å²) in [6.07, 6.45) is -0.216. The Morgan fingerprint density at radius 1 is 0.931 bits per heavy atom. The first kappa shape index (κ1) is 21.6. The largest absolute Gasteiger partial charge is 0.444 e. The van der Waals surface area contributed by atoms with E-state index in [-0.39, 0.29) is 6.09 Å². The van der Waals surface area contributed by atoms with Crippen LogP contribution in [0.15, 0.2) is 46.2 Å². The van der Waals surface area contributed by atoms with Crippen LogP contribution in [0.25, 0.3) is 0 Å². The van der Waals surface area contributed by atoms with Crippen molar-refractivity contribution in [2.45, 2.75) is 56.9 Å². The summed E-state index contributed by atoms with van der Waals surface area (Å²) in [7, 11) is 0. The number of para-hydroxylation sites is 1. The molecule has 2 aromatic carbocycles. The Labute approximate surface area is 179 Å². The van der Waals surface area contributed by atoms with E-state index >= 15 is 0 Å². The van der Waals surface area contributed by atoms with Gasteiger partial charge >= 0.3 is 6.09 Å². The Balaban J connectivity index is 1.76. The molecule has 0 N–H and O–H groups in total. The molecule has 3 rings (SSSR count). The van der Waals surface area contributed by atoms with Crippen LogP contribution in [0.2, 0.25) is 0 Å². The molecule has 4 nitrogen and oxygen atoms in total. The normalized spacial score (nSPS) is 14.8. The van der Waals surface area contributed by atoms with Gasteiger partial charge in [0.1, 0.15) is 5.60 Å². The minimum atomic E-state index is -0.458. The Morgan fingerprint density at radius 3 is 2.24 bits per heavy atom. The summed E-state index contributed by atoms with van der Waals surface area (Å²) >= 11 is 1.83. The van der Waals surface area contributed by atoms with Gasteiger partial charge < -0.3 is 14.5 Å². The first-order valence-electron chi connectivity index (χ1n) is 10.2. The predicted molar refractivity (Wildman–Crippen MR) is 121 cm³/mol. The average Bonchev–Trinajstić information content (AvgIpc) is 2.63. The molecule has 5 heteroatoms. The average molecular weight is 413 g/mol. The fraction of sp³-hybridized carbons (Fsp3) is 0.458. The van der Waals surface area contributed by atoms with Crippen molar-refractivity contribution in [3.8, 4) is 0 Å². The second-order valence-electron chi connectivity index (χ2n) is 8.75. The minimum absolute atomic E-state index is 0.216. The van der Waals surface area contributed by atoms with E-state index in [1.165, 1.54) is 32.2 Å². The van der Waals surface area contributed by atoms with Crippen LogP contribution in [0.1, 0.15) is 37.5 Å². The van der Waals surface area contributed by atoms with E-state index in [2.05, 4.69) is 62.1 Å². The number of carbonyl (C=O) groups is 1. The van der Waals surface area contributed by atoms with Crippen molar-refractivity contribution < 1.29 is 9.53 Å². The summed E-state index contributed by atoms with van der Waals surface area (Å²) < 4.78 is 5.53. The Bertz CT molecular complexity index is 881. The van der Waals surface area contributed by atoms with Crippen molar-refractivity contribution in [3.05, 3.63) is 53.1 Å². The molecule has 0 radical (unpaired) electrons. The van der Waals surface area contributed by atoms with Crippen molar-refractivity contribution in [2.75, 3.05) is 31.1 Å². The number of benzene rings is 2. The number of piperazine rings is 1. The van der Waals surface area contributed by atoms with Crippen molar-refractivity contribution >= 4 is 23.5 Å². The number of rotatable bonds is 3. The first-order chi connectivity index (χ1) is 13.6. The van der Waals surface area contributed by atoms with Crippen LogP contribution < -0.4 is 4.90 Å². The molecular formula is C24H32N2O2S. The third-order valence-electron chi connectivity index (χ3n) is 5.00. The predicted octanol–water partition coefficient (Wildman–Crippen LogP) is 5.82. The van der Waals surface area contributed by atoms with E-state index in [0.717, 1.165) is 13.1 Å². The number of anilines is 1. The van der Waals surface area contributed by atoms with Crippen LogP contribution in [0.5, 0.6) is 0 Å². The van der Waals surface area contributed by atoms with Crippen LogP contribution in [0.3, 0.4) is 0 Å². The maximum Gasteiger partial charge on any atom is 0.410 e. The molecule has 1 aliphatic heterocycles. The van der Waals surface area contributed by atoms with E-state index in [1.54, 1.807) is 0 Å². The maximum absolute atomic E-state index is 12.4. The molecule has 156 valence electrons. The zero-order valence-electron chi connectivity index (χ0n) is 18.4. The fourth-order valence-corrected chi connectivity index (χ4v) is 4.72. The molecule has 1 fully saturated rings. The van der Waals surface area contributed by atoms with Gasteiger partial charge in [0.2, 0.25) is 0 Å². The van der Waals surface area contributed by atoms with Gasteiger partial charge in [0.25, 0.3) is 0 Å². The smallest absolute Gasteiger partial charge is 0.410 e. The van der Waals surface area contributed by atoms with Crippen LogP contribution in [0.4, 0.5) is 10.5 Å². The van der Waals surface area contributed by atoms with Gasteiger partial charge in [-0.05, 0) is 64.8 Å². The van der Waals surface area contributed by atoms with Gasteiger partial charge in [-0.25, -0.2) is 4.79 Å². The highest BCUT2D eigenvalue weighted by atomic mass is 32.2. The lowest BCUT2D eigenvalue weighted by molar-refractivity contribution is 0.0240. The van der Waals surface area contributed by atoms with Crippen molar-refractivity contribution in [1.29, 1.82) is 0 Å². The first-order valence-corrected chi connectivity index (χ1v) is 11.0. The molecule has 1 aliphatic rings. The number of hydrogen-bond acceptors (Lipinski definition) is 4. The van der Waals surface area contributed by atoms with Gasteiger partial charge in [0.05, 0.1) is 5.69 Å². The van der Waals surface area contributed by atoms with Crippen molar-refractivity contribution in [1.82, 2.24) is 4.90 Å². The Kier molecular flexibility index (Phi) is 6.47. The molecule has 0 saturated carbocycles. The second-order valence-corrected chi connectivity index (χ2v) is 9.83. The summed E-state index contributed by atoms with van der Waals surface area (Å²) in [5, 5.41) is 0. The molecule has 0 unspecified atom stereocenters. The van der Waals surface area contributed by atoms with E-state index in [4.69, 9.17) is 4.74 Å². The van der Waals surface area contributed by atoms with Gasteiger partial charge in [-0.15, -0.1) is 0 Å². The quantitative estimate of drug-likeness (QED) is 0.636. The van der Waals surface area contributed by atoms with Crippen molar-refractivity contribution in [3.63, 3.8) is 0 Å². The summed E-state index contributed by atoms with van der Waals surface area (Å²) in [6, 6.07) is 13.1. The molecule has 0 aromatic heterocycles. The number of ether oxygens (including phenoxy) is 1. The highest BCUT2D eigenvalue weighted by Gasteiger charge is 2.27. The summed E-state index contributed by atoms with van der Waals surface area (Å²) in [5.41, 5.74) is 4.68. The van der Waals surface area contributed by atoms with E-state index in [1.807, 2.05) is 37.4 Å². The molecule has 0 aliphatic carbocycles. The summed E-state index contributed by atoms with van der Waals surface area (Å²) in [4.78, 5) is 19.2. The topological polar surface area (TPSA) is 32.8 Å². The molecule has 0 bridgehead atoms. The molecule has 2 aromatic rings. The maximum atomic E-state index is 12.4. The number of hydrogen-bond donors (Lipinski definition) is 0. The Morgan fingerprint density at radius 2 is 1.62 bits per heavy atom. The van der Waals surface area contributed by atoms with Gasteiger partial charge in [-0.2, -0.15) is 0 Å². The van der Waals surface area contributed by atoms with Crippen LogP contribution in [-0.4, -0.2) is 42.8 Å². The fourth-order valence-electron chi connectivity index (χ4n) is 3.59. The lowest BCUT2D eigenvalue weighted by atomic mass is 10.1. The second kappa shape index (κ2) is 8.70. The van der Waals surface area contributed by atoms with E-state index in [9.17, 15) is 4.79 Å². The SMILES string of the molecule is Cc1ccc(Sc2cccc(C)c2N2CCN(C(=O)OC(C)(C)C)CC2)c(C)c1. The van der Waals surface area contributed by atoms with Gasteiger partial charge in [-0.1, -0.05) is 41.6 Å². The molecule has 0 atom stereocenters. The molecular weight excluding hydrogens is 380 g/mol. The monoisotopic (exact) mass is 412 g/mol.